The Morgan fingerprint density at radius 2 is 0.984 bits per heavy atom. The molecule has 10 heteroatoms. The molecule has 8 unspecified atom stereocenters. The molecule has 1 saturated heterocycles. The lowest BCUT2D eigenvalue weighted by atomic mass is 9.99. The second-order valence-electron chi connectivity index (χ2n) is 18.1. The highest BCUT2D eigenvalue weighted by Gasteiger charge is 2.44. The van der Waals surface area contributed by atoms with Crippen LogP contribution in [0.5, 0.6) is 0 Å². The molecular formula is C53H97NO9. The van der Waals surface area contributed by atoms with E-state index < -0.39 is 61.5 Å². The minimum atomic E-state index is -1.62. The Labute approximate surface area is 385 Å². The van der Waals surface area contributed by atoms with Crippen molar-refractivity contribution in [2.24, 2.45) is 0 Å². The quantitative estimate of drug-likeness (QED) is 0.0233. The maximum Gasteiger partial charge on any atom is 0.249 e. The first kappa shape index (κ1) is 59.1. The highest BCUT2D eigenvalue weighted by Crippen LogP contribution is 2.23. The van der Waals surface area contributed by atoms with Gasteiger partial charge in [-0.25, -0.2) is 0 Å². The first-order valence-electron chi connectivity index (χ1n) is 26.0. The van der Waals surface area contributed by atoms with Crippen LogP contribution in [0.15, 0.2) is 48.6 Å². The molecule has 0 radical (unpaired) electrons. The van der Waals surface area contributed by atoms with Gasteiger partial charge in [0.2, 0.25) is 5.91 Å². The molecule has 1 fully saturated rings. The number of aliphatic hydroxyl groups excluding tert-OH is 6. The lowest BCUT2D eigenvalue weighted by molar-refractivity contribution is -0.302. The summed E-state index contributed by atoms with van der Waals surface area (Å²) in [6.45, 7) is 3.57. The van der Waals surface area contributed by atoms with Gasteiger partial charge in [-0.05, 0) is 64.2 Å². The Morgan fingerprint density at radius 3 is 1.48 bits per heavy atom. The molecule has 0 aromatic carbocycles. The Balaban J connectivity index is 2.28. The van der Waals surface area contributed by atoms with Crippen LogP contribution in [0.3, 0.4) is 0 Å². The zero-order valence-corrected chi connectivity index (χ0v) is 40.2. The normalized spacial score (nSPS) is 21.0. The van der Waals surface area contributed by atoms with Crippen molar-refractivity contribution in [3.05, 3.63) is 48.6 Å². The fourth-order valence-corrected chi connectivity index (χ4v) is 7.97. The van der Waals surface area contributed by atoms with E-state index >= 15 is 0 Å². The van der Waals surface area contributed by atoms with E-state index in [4.69, 9.17) is 9.47 Å². The Kier molecular flexibility index (Phi) is 40.1. The van der Waals surface area contributed by atoms with E-state index in [-0.39, 0.29) is 6.61 Å². The molecular weight excluding hydrogens is 795 g/mol. The standard InChI is InChI=1S/C53H97NO9/c1-3-5-7-9-11-13-15-17-18-19-20-21-22-23-24-25-26-27-28-29-30-32-34-36-38-40-42-47(57)52(61)54-45(44-62-53-51(60)50(59)49(58)48(43-55)63-53)46(56)41-39-37-35-33-31-16-14-12-10-8-6-4-2/h20-21,23-24,31,33,39,41,45-51,53,55-60H,3-19,22,25-30,32,34-38,40,42-44H2,1-2H3,(H,54,61)/b21-20-,24-23-,33-31+,41-39+. The first-order chi connectivity index (χ1) is 30.8. The van der Waals surface area contributed by atoms with E-state index in [1.807, 2.05) is 6.08 Å². The van der Waals surface area contributed by atoms with Crippen LogP contribution >= 0.6 is 0 Å². The second-order valence-corrected chi connectivity index (χ2v) is 18.1. The number of carbonyl (C=O) groups excluding carboxylic acids is 1. The number of hydrogen-bond donors (Lipinski definition) is 7. The highest BCUT2D eigenvalue weighted by molar-refractivity contribution is 5.80. The molecule has 1 aliphatic heterocycles. The van der Waals surface area contributed by atoms with E-state index in [2.05, 4.69) is 55.6 Å². The summed E-state index contributed by atoms with van der Waals surface area (Å²) in [5, 5.41) is 64.7. The van der Waals surface area contributed by atoms with Crippen molar-refractivity contribution in [2.45, 2.75) is 268 Å². The van der Waals surface area contributed by atoms with E-state index in [0.29, 0.717) is 19.3 Å². The lowest BCUT2D eigenvalue weighted by Crippen LogP contribution is -2.60. The van der Waals surface area contributed by atoms with Crippen molar-refractivity contribution < 1.29 is 44.9 Å². The smallest absolute Gasteiger partial charge is 0.249 e. The molecule has 0 saturated carbocycles. The Hall–Kier alpha value is -1.89. The molecule has 0 aromatic rings. The molecule has 1 rings (SSSR count). The van der Waals surface area contributed by atoms with Gasteiger partial charge in [-0.1, -0.05) is 204 Å². The second kappa shape index (κ2) is 42.7. The van der Waals surface area contributed by atoms with Crippen molar-refractivity contribution in [1.29, 1.82) is 0 Å². The largest absolute Gasteiger partial charge is 0.394 e. The molecule has 0 spiro atoms. The molecule has 8 atom stereocenters. The van der Waals surface area contributed by atoms with Gasteiger partial charge < -0.3 is 45.4 Å². The number of aliphatic hydroxyl groups is 6. The molecule has 1 amide bonds. The maximum absolute atomic E-state index is 13.1. The van der Waals surface area contributed by atoms with Gasteiger partial charge in [0.25, 0.3) is 0 Å². The molecule has 63 heavy (non-hydrogen) atoms. The Bertz CT molecular complexity index is 1140. The van der Waals surface area contributed by atoms with Crippen LogP contribution in [0.1, 0.15) is 219 Å². The van der Waals surface area contributed by atoms with Crippen LogP contribution in [-0.2, 0) is 14.3 Å². The van der Waals surface area contributed by atoms with E-state index in [1.54, 1.807) is 6.08 Å². The van der Waals surface area contributed by atoms with Gasteiger partial charge >= 0.3 is 0 Å². The number of amides is 1. The SMILES string of the molecule is CCCCCCCC/C=C/CC/C=C/C(O)C(COC1OC(CO)C(O)C(O)C1O)NC(=O)C(O)CCCCCCCCCCCC/C=C\C/C=C\CCCCCCCCCCC. The van der Waals surface area contributed by atoms with Gasteiger partial charge in [0, 0.05) is 0 Å². The molecule has 0 aromatic heterocycles. The van der Waals surface area contributed by atoms with Crippen molar-refractivity contribution in [3.63, 3.8) is 0 Å². The van der Waals surface area contributed by atoms with Crippen LogP contribution in [0.2, 0.25) is 0 Å². The van der Waals surface area contributed by atoms with Crippen LogP contribution in [-0.4, -0.2) is 98.7 Å². The van der Waals surface area contributed by atoms with E-state index in [0.717, 1.165) is 38.5 Å². The van der Waals surface area contributed by atoms with Gasteiger partial charge in [-0.3, -0.25) is 4.79 Å². The number of nitrogens with one attached hydrogen (secondary N) is 1. The third-order valence-corrected chi connectivity index (χ3v) is 12.2. The fourth-order valence-electron chi connectivity index (χ4n) is 7.97. The average molecular weight is 892 g/mol. The highest BCUT2D eigenvalue weighted by atomic mass is 16.7. The van der Waals surface area contributed by atoms with Gasteiger partial charge in [0.15, 0.2) is 6.29 Å². The van der Waals surface area contributed by atoms with E-state index in [1.165, 1.54) is 148 Å². The molecule has 0 aliphatic carbocycles. The number of allylic oxidation sites excluding steroid dienone is 7. The zero-order chi connectivity index (χ0) is 46.0. The summed E-state index contributed by atoms with van der Waals surface area (Å²) in [5.41, 5.74) is 0. The van der Waals surface area contributed by atoms with Crippen molar-refractivity contribution >= 4 is 5.91 Å². The number of carbonyl (C=O) groups is 1. The van der Waals surface area contributed by atoms with Gasteiger partial charge in [-0.2, -0.15) is 0 Å². The summed E-state index contributed by atoms with van der Waals surface area (Å²) in [4.78, 5) is 13.1. The zero-order valence-electron chi connectivity index (χ0n) is 40.2. The molecule has 7 N–H and O–H groups in total. The average Bonchev–Trinajstić information content (AvgIpc) is 3.28. The Morgan fingerprint density at radius 1 is 0.556 bits per heavy atom. The summed E-state index contributed by atoms with van der Waals surface area (Å²) in [5.74, 6) is -0.630. The minimum Gasteiger partial charge on any atom is -0.394 e. The molecule has 1 aliphatic rings. The number of hydrogen-bond acceptors (Lipinski definition) is 9. The summed E-state index contributed by atoms with van der Waals surface area (Å²) in [7, 11) is 0. The minimum absolute atomic E-state index is 0.299. The van der Waals surface area contributed by atoms with Gasteiger partial charge in [0.05, 0.1) is 25.4 Å². The third kappa shape index (κ3) is 32.4. The monoisotopic (exact) mass is 892 g/mol. The molecule has 368 valence electrons. The molecule has 10 nitrogen and oxygen atoms in total. The number of ether oxygens (including phenoxy) is 2. The van der Waals surface area contributed by atoms with Crippen molar-refractivity contribution in [2.75, 3.05) is 13.2 Å². The summed E-state index contributed by atoms with van der Waals surface area (Å²) < 4.78 is 11.1. The fraction of sp³-hybridized carbons (Fsp3) is 0.830. The number of rotatable bonds is 43. The van der Waals surface area contributed by atoms with Crippen LogP contribution < -0.4 is 5.32 Å². The predicted octanol–water partition coefficient (Wildman–Crippen LogP) is 10.8. The van der Waals surface area contributed by atoms with Gasteiger partial charge in [0.1, 0.15) is 30.5 Å². The molecule has 1 heterocycles. The van der Waals surface area contributed by atoms with E-state index in [9.17, 15) is 35.4 Å². The summed E-state index contributed by atoms with van der Waals surface area (Å²) in [6, 6.07) is -0.998. The van der Waals surface area contributed by atoms with Crippen molar-refractivity contribution in [3.8, 4) is 0 Å². The van der Waals surface area contributed by atoms with Crippen LogP contribution in [0.25, 0.3) is 0 Å². The van der Waals surface area contributed by atoms with Gasteiger partial charge in [-0.15, -0.1) is 0 Å². The first-order valence-corrected chi connectivity index (χ1v) is 26.0. The predicted molar refractivity (Wildman–Crippen MR) is 259 cm³/mol. The number of unbranched alkanes of at least 4 members (excludes halogenated alkanes) is 26. The third-order valence-electron chi connectivity index (χ3n) is 12.2. The summed E-state index contributed by atoms with van der Waals surface area (Å²) >= 11 is 0. The summed E-state index contributed by atoms with van der Waals surface area (Å²) in [6.07, 6.45) is 45.0. The van der Waals surface area contributed by atoms with Crippen LogP contribution in [0, 0.1) is 0 Å². The lowest BCUT2D eigenvalue weighted by Gasteiger charge is -2.40. The molecule has 0 bridgehead atoms. The maximum atomic E-state index is 13.1. The topological polar surface area (TPSA) is 169 Å². The van der Waals surface area contributed by atoms with Crippen molar-refractivity contribution in [1.82, 2.24) is 5.32 Å². The van der Waals surface area contributed by atoms with Crippen LogP contribution in [0.4, 0.5) is 0 Å².